The van der Waals surface area contributed by atoms with Gasteiger partial charge >= 0.3 is 0 Å². The van der Waals surface area contributed by atoms with Gasteiger partial charge in [-0.05, 0) is 103 Å². The van der Waals surface area contributed by atoms with E-state index in [0.717, 1.165) is 56.5 Å². The second-order valence-electron chi connectivity index (χ2n) is 10.7. The Morgan fingerprint density at radius 3 is 1.61 bits per heavy atom. The quantitative estimate of drug-likeness (QED) is 0.154. The molecule has 2 amide bonds. The first kappa shape index (κ1) is 36.8. The molecular weight excluding hydrogens is 675 g/mol. The minimum Gasteiger partial charge on any atom is -0.321 e. The van der Waals surface area contributed by atoms with Gasteiger partial charge in [0.1, 0.15) is 11.4 Å². The minimum absolute atomic E-state index is 0.177. The number of pyridine rings is 2. The third kappa shape index (κ3) is 12.5. The average molecular weight is 710 g/mol. The summed E-state index contributed by atoms with van der Waals surface area (Å²) in [6.07, 6.45) is 4.79. The fourth-order valence-corrected chi connectivity index (χ4v) is 5.18. The Kier molecular flexibility index (Phi) is 14.8. The Morgan fingerprint density at radius 1 is 0.571 bits per heavy atom. The molecule has 0 saturated carbocycles. The lowest BCUT2D eigenvalue weighted by molar-refractivity contribution is 0.101. The molecule has 2 heterocycles. The molecule has 4 aromatic carbocycles. The predicted octanol–water partition coefficient (Wildman–Crippen LogP) is 10.5. The van der Waals surface area contributed by atoms with E-state index < -0.39 is 0 Å². The van der Waals surface area contributed by atoms with Crippen LogP contribution < -0.4 is 10.6 Å². The number of aryl methyl sites for hydroxylation is 3. The Morgan fingerprint density at radius 2 is 1.08 bits per heavy atom. The second kappa shape index (κ2) is 19.7. The van der Waals surface area contributed by atoms with Gasteiger partial charge in [-0.15, -0.1) is 11.6 Å². The molecule has 0 spiro atoms. The van der Waals surface area contributed by atoms with E-state index in [1.54, 1.807) is 12.4 Å². The number of amides is 2. The summed E-state index contributed by atoms with van der Waals surface area (Å²) in [4.78, 5) is 32.7. The summed E-state index contributed by atoms with van der Waals surface area (Å²) >= 11 is 17.2. The van der Waals surface area contributed by atoms with Crippen molar-refractivity contribution in [1.82, 2.24) is 9.97 Å². The number of para-hydroxylation sites is 2. The summed E-state index contributed by atoms with van der Waals surface area (Å²) in [7, 11) is 0. The number of alkyl halides is 1. The summed E-state index contributed by atoms with van der Waals surface area (Å²) in [6, 6.07) is 41.5. The van der Waals surface area contributed by atoms with Gasteiger partial charge in [-0.25, -0.2) is 0 Å². The maximum Gasteiger partial charge on any atom is 0.274 e. The smallest absolute Gasteiger partial charge is 0.274 e. The Balaban J connectivity index is 0.000000185. The lowest BCUT2D eigenvalue weighted by Crippen LogP contribution is -2.16. The topological polar surface area (TPSA) is 84.0 Å². The van der Waals surface area contributed by atoms with Crippen molar-refractivity contribution < 1.29 is 9.59 Å². The predicted molar refractivity (Wildman–Crippen MR) is 202 cm³/mol. The highest BCUT2D eigenvalue weighted by molar-refractivity contribution is 6.31. The van der Waals surface area contributed by atoms with Crippen LogP contribution >= 0.6 is 34.8 Å². The van der Waals surface area contributed by atoms with Crippen LogP contribution in [0.1, 0.15) is 43.2 Å². The van der Waals surface area contributed by atoms with E-state index in [1.165, 1.54) is 0 Å². The second-order valence-corrected chi connectivity index (χ2v) is 11.9. The van der Waals surface area contributed by atoms with Gasteiger partial charge in [0, 0.05) is 39.7 Å². The highest BCUT2D eigenvalue weighted by Crippen LogP contribution is 2.16. The largest absolute Gasteiger partial charge is 0.321 e. The molecule has 6 nitrogen and oxygen atoms in total. The summed E-state index contributed by atoms with van der Waals surface area (Å²) in [5.41, 5.74) is 6.45. The number of carbonyl (C=O) groups is 2. The van der Waals surface area contributed by atoms with Gasteiger partial charge in [0.25, 0.3) is 11.8 Å². The lowest BCUT2D eigenvalue weighted by atomic mass is 10.0. The first-order valence-electron chi connectivity index (χ1n) is 15.5. The number of benzene rings is 4. The van der Waals surface area contributed by atoms with Crippen molar-refractivity contribution in [2.24, 2.45) is 0 Å². The van der Waals surface area contributed by atoms with E-state index in [0.29, 0.717) is 17.3 Å². The summed E-state index contributed by atoms with van der Waals surface area (Å²) in [5, 5.41) is 7.15. The molecule has 49 heavy (non-hydrogen) atoms. The zero-order chi connectivity index (χ0) is 34.8. The van der Waals surface area contributed by atoms with Crippen molar-refractivity contribution in [1.29, 1.82) is 0 Å². The van der Waals surface area contributed by atoms with Crippen LogP contribution in [0.2, 0.25) is 10.0 Å². The van der Waals surface area contributed by atoms with Gasteiger partial charge in [-0.3, -0.25) is 19.6 Å². The van der Waals surface area contributed by atoms with Crippen molar-refractivity contribution in [2.45, 2.75) is 25.6 Å². The van der Waals surface area contributed by atoms with Crippen LogP contribution in [0.3, 0.4) is 0 Å². The molecule has 6 rings (SSSR count). The number of aromatic nitrogens is 2. The number of hydrogen-bond donors (Lipinski definition) is 2. The third-order valence-electron chi connectivity index (χ3n) is 7.01. The third-order valence-corrected chi connectivity index (χ3v) is 7.79. The van der Waals surface area contributed by atoms with Crippen molar-refractivity contribution in [3.63, 3.8) is 0 Å². The van der Waals surface area contributed by atoms with Crippen LogP contribution in [0.15, 0.2) is 146 Å². The van der Waals surface area contributed by atoms with Gasteiger partial charge in [0.15, 0.2) is 0 Å². The number of nitrogens with one attached hydrogen (secondary N) is 2. The van der Waals surface area contributed by atoms with Crippen LogP contribution in [0.25, 0.3) is 0 Å². The molecule has 0 fully saturated rings. The molecule has 0 radical (unpaired) electrons. The minimum atomic E-state index is -0.192. The fourth-order valence-electron chi connectivity index (χ4n) is 4.58. The normalized spacial score (nSPS) is 10.0. The highest BCUT2D eigenvalue weighted by atomic mass is 35.5. The summed E-state index contributed by atoms with van der Waals surface area (Å²) in [5.74, 6) is 0.160. The van der Waals surface area contributed by atoms with Crippen LogP contribution in [0.5, 0.6) is 0 Å². The van der Waals surface area contributed by atoms with Crippen molar-refractivity contribution in [3.8, 4) is 0 Å². The van der Waals surface area contributed by atoms with Crippen LogP contribution in [-0.4, -0.2) is 21.8 Å². The van der Waals surface area contributed by atoms with Crippen LogP contribution in [-0.2, 0) is 18.7 Å². The van der Waals surface area contributed by atoms with Crippen molar-refractivity contribution >= 4 is 58.0 Å². The van der Waals surface area contributed by atoms with Gasteiger partial charge < -0.3 is 10.6 Å². The Labute approximate surface area is 302 Å². The molecule has 0 unspecified atom stereocenters. The zero-order valence-corrected chi connectivity index (χ0v) is 29.1. The van der Waals surface area contributed by atoms with Gasteiger partial charge in [-0.1, -0.05) is 96.0 Å². The maximum absolute atomic E-state index is 12.5. The molecule has 0 atom stereocenters. The standard InChI is InChI=1S/C20H17ClN2O.C13H12N2O.C7H6Cl2/c21-17-8-4-6-15(14-17)11-12-16-7-5-13-22-19(16)20(24)23-18-9-2-1-3-10-18;1-10-6-5-9-14-12(10)13(16)15-11-7-3-2-4-8-11;8-5-6-2-1-3-7(9)4-6/h1-10,13-14H,11-12H2,(H,23,24);2-9H,1H3,(H,15,16);1-4H,5H2. The highest BCUT2D eigenvalue weighted by Gasteiger charge is 2.13. The molecular formula is C40H35Cl3N4O2. The van der Waals surface area contributed by atoms with Gasteiger partial charge in [0.05, 0.1) is 0 Å². The maximum atomic E-state index is 12.5. The zero-order valence-electron chi connectivity index (χ0n) is 26.8. The van der Waals surface area contributed by atoms with Crippen molar-refractivity contribution in [3.05, 3.63) is 190 Å². The number of rotatable bonds is 8. The van der Waals surface area contributed by atoms with E-state index >= 15 is 0 Å². The molecule has 248 valence electrons. The number of halogens is 3. The number of nitrogens with zero attached hydrogens (tertiary/aromatic N) is 2. The molecule has 0 bridgehead atoms. The number of hydrogen-bond acceptors (Lipinski definition) is 4. The molecule has 0 saturated heterocycles. The van der Waals surface area contributed by atoms with Gasteiger partial charge in [-0.2, -0.15) is 0 Å². The van der Waals surface area contributed by atoms with Crippen LogP contribution in [0, 0.1) is 6.92 Å². The SMILES string of the molecule is Cc1cccnc1C(=O)Nc1ccccc1.ClCc1cccc(Cl)c1.O=C(Nc1ccccc1)c1ncccc1CCc1cccc(Cl)c1. The Hall–Kier alpha value is -5.01. The number of carbonyl (C=O) groups excluding carboxylic acids is 2. The van der Waals surface area contributed by atoms with E-state index in [1.807, 2.05) is 140 Å². The first-order valence-corrected chi connectivity index (χ1v) is 16.7. The van der Waals surface area contributed by atoms with E-state index in [4.69, 9.17) is 34.8 Å². The summed E-state index contributed by atoms with van der Waals surface area (Å²) in [6.45, 7) is 1.87. The van der Waals surface area contributed by atoms with E-state index in [2.05, 4.69) is 20.6 Å². The molecule has 2 aromatic heterocycles. The summed E-state index contributed by atoms with van der Waals surface area (Å²) < 4.78 is 0. The molecule has 2 N–H and O–H groups in total. The van der Waals surface area contributed by atoms with Crippen molar-refractivity contribution in [2.75, 3.05) is 10.6 Å². The van der Waals surface area contributed by atoms with E-state index in [-0.39, 0.29) is 11.8 Å². The van der Waals surface area contributed by atoms with E-state index in [9.17, 15) is 9.59 Å². The lowest BCUT2D eigenvalue weighted by Gasteiger charge is -2.09. The molecule has 0 aliphatic carbocycles. The number of anilines is 2. The molecule has 0 aliphatic heterocycles. The monoisotopic (exact) mass is 708 g/mol. The fraction of sp³-hybridized carbons (Fsp3) is 0.100. The molecule has 6 aromatic rings. The average Bonchev–Trinajstić information content (AvgIpc) is 3.12. The Bertz CT molecular complexity index is 1940. The molecule has 9 heteroatoms. The van der Waals surface area contributed by atoms with Crippen LogP contribution in [0.4, 0.5) is 11.4 Å². The molecule has 0 aliphatic rings. The van der Waals surface area contributed by atoms with Gasteiger partial charge in [0.2, 0.25) is 0 Å². The first-order chi connectivity index (χ1) is 23.8.